The number of alkyl halides is 2. The number of carbonyl (C=O) groups excluding carboxylic acids is 1. The molecule has 1 amide bonds. The van der Waals surface area contributed by atoms with Gasteiger partial charge in [0.15, 0.2) is 0 Å². The van der Waals surface area contributed by atoms with Crippen molar-refractivity contribution >= 4 is 16.8 Å². The Hall–Kier alpha value is -3.62. The quantitative estimate of drug-likeness (QED) is 0.267. The first kappa shape index (κ1) is 28.5. The maximum absolute atomic E-state index is 13.6. The minimum absolute atomic E-state index is 0.0495. The van der Waals surface area contributed by atoms with E-state index in [1.807, 2.05) is 29.6 Å². The van der Waals surface area contributed by atoms with Crippen molar-refractivity contribution in [3.05, 3.63) is 101 Å². The SMILES string of the molecule is Cc1ccc(CN2CCC(c3ccc4c(c3)cc(C(=O)N3CCN(Cc5ccc(C(F)F)cc5)CC3)n4C)CC2)cn1. The Bertz CT molecular complexity index is 1520. The lowest BCUT2D eigenvalue weighted by Crippen LogP contribution is -2.48. The maximum Gasteiger partial charge on any atom is 0.270 e. The van der Waals surface area contributed by atoms with E-state index < -0.39 is 6.43 Å². The van der Waals surface area contributed by atoms with E-state index in [4.69, 9.17) is 0 Å². The van der Waals surface area contributed by atoms with Crippen LogP contribution in [0.4, 0.5) is 8.78 Å². The molecule has 2 fully saturated rings. The second-order valence-electron chi connectivity index (χ2n) is 11.9. The van der Waals surface area contributed by atoms with Crippen molar-refractivity contribution in [3.8, 4) is 0 Å². The maximum atomic E-state index is 13.6. The van der Waals surface area contributed by atoms with E-state index in [9.17, 15) is 13.6 Å². The summed E-state index contributed by atoms with van der Waals surface area (Å²) in [6.45, 7) is 8.63. The number of aryl methyl sites for hydroxylation is 2. The molecule has 0 radical (unpaired) electrons. The summed E-state index contributed by atoms with van der Waals surface area (Å²) in [5, 5.41) is 1.12. The molecule has 6 rings (SSSR count). The van der Waals surface area contributed by atoms with Gasteiger partial charge in [-0.1, -0.05) is 36.4 Å². The van der Waals surface area contributed by atoms with Crippen molar-refractivity contribution in [2.45, 2.75) is 45.2 Å². The number of pyridine rings is 1. The number of carbonyl (C=O) groups is 1. The van der Waals surface area contributed by atoms with E-state index in [1.54, 1.807) is 12.1 Å². The highest BCUT2D eigenvalue weighted by Gasteiger charge is 2.26. The third-order valence-electron chi connectivity index (χ3n) is 9.02. The summed E-state index contributed by atoms with van der Waals surface area (Å²) in [6.07, 6.45) is 1.80. The Morgan fingerprint density at radius 2 is 1.52 bits per heavy atom. The fourth-order valence-electron chi connectivity index (χ4n) is 6.40. The van der Waals surface area contributed by atoms with Gasteiger partial charge < -0.3 is 9.47 Å². The number of aromatic nitrogens is 2. The first-order valence-corrected chi connectivity index (χ1v) is 15.0. The molecule has 6 nitrogen and oxygen atoms in total. The summed E-state index contributed by atoms with van der Waals surface area (Å²) in [7, 11) is 1.98. The molecular weight excluding hydrogens is 532 g/mol. The molecule has 4 aromatic rings. The summed E-state index contributed by atoms with van der Waals surface area (Å²) in [5.74, 6) is 0.593. The third kappa shape index (κ3) is 6.25. The lowest BCUT2D eigenvalue weighted by molar-refractivity contribution is 0.0619. The minimum Gasteiger partial charge on any atom is -0.340 e. The second-order valence-corrected chi connectivity index (χ2v) is 11.9. The Kier molecular flexibility index (Phi) is 8.36. The van der Waals surface area contributed by atoms with Gasteiger partial charge in [0.2, 0.25) is 0 Å². The predicted octanol–water partition coefficient (Wildman–Crippen LogP) is 6.16. The molecule has 0 saturated carbocycles. The molecule has 2 aromatic heterocycles. The summed E-state index contributed by atoms with van der Waals surface area (Å²) >= 11 is 0. The number of rotatable bonds is 7. The average Bonchev–Trinajstić information content (AvgIpc) is 3.34. The molecule has 0 aliphatic carbocycles. The van der Waals surface area contributed by atoms with Gasteiger partial charge in [0, 0.05) is 74.7 Å². The number of fused-ring (bicyclic) bond motifs is 1. The van der Waals surface area contributed by atoms with Crippen molar-refractivity contribution < 1.29 is 13.6 Å². The summed E-state index contributed by atoms with van der Waals surface area (Å²) in [6, 6.07) is 19.6. The van der Waals surface area contributed by atoms with Gasteiger partial charge in [-0.25, -0.2) is 8.78 Å². The Balaban J connectivity index is 1.05. The topological polar surface area (TPSA) is 44.6 Å². The van der Waals surface area contributed by atoms with Gasteiger partial charge in [-0.2, -0.15) is 0 Å². The zero-order valence-electron chi connectivity index (χ0n) is 24.5. The highest BCUT2D eigenvalue weighted by atomic mass is 19.3. The first-order chi connectivity index (χ1) is 20.3. The number of hydrogen-bond acceptors (Lipinski definition) is 4. The molecule has 2 aliphatic rings. The third-order valence-corrected chi connectivity index (χ3v) is 9.02. The molecule has 0 N–H and O–H groups in total. The van der Waals surface area contributed by atoms with E-state index in [1.165, 1.54) is 23.3 Å². The van der Waals surface area contributed by atoms with E-state index in [0.29, 0.717) is 25.6 Å². The van der Waals surface area contributed by atoms with Crippen LogP contribution in [0.1, 0.15) is 63.6 Å². The number of benzene rings is 2. The molecule has 2 saturated heterocycles. The molecule has 4 heterocycles. The molecule has 0 spiro atoms. The average molecular weight is 572 g/mol. The zero-order chi connectivity index (χ0) is 29.2. The normalized spacial score (nSPS) is 17.4. The number of hydrogen-bond donors (Lipinski definition) is 0. The van der Waals surface area contributed by atoms with Gasteiger partial charge in [-0.15, -0.1) is 0 Å². The van der Waals surface area contributed by atoms with Gasteiger partial charge in [0.25, 0.3) is 12.3 Å². The lowest BCUT2D eigenvalue weighted by atomic mass is 9.88. The largest absolute Gasteiger partial charge is 0.340 e. The first-order valence-electron chi connectivity index (χ1n) is 15.0. The number of halogens is 2. The molecule has 8 heteroatoms. The number of piperazine rings is 1. The van der Waals surface area contributed by atoms with Gasteiger partial charge in [-0.05, 0) is 79.7 Å². The van der Waals surface area contributed by atoms with E-state index in [-0.39, 0.29) is 11.5 Å². The van der Waals surface area contributed by atoms with E-state index >= 15 is 0 Å². The van der Waals surface area contributed by atoms with Crippen molar-refractivity contribution in [1.29, 1.82) is 0 Å². The number of likely N-dealkylation sites (tertiary alicyclic amines) is 1. The molecule has 0 atom stereocenters. The highest BCUT2D eigenvalue weighted by molar-refractivity contribution is 5.99. The van der Waals surface area contributed by atoms with Crippen LogP contribution in [0.2, 0.25) is 0 Å². The van der Waals surface area contributed by atoms with Crippen LogP contribution in [0, 0.1) is 6.92 Å². The predicted molar refractivity (Wildman–Crippen MR) is 162 cm³/mol. The molecule has 220 valence electrons. The van der Waals surface area contributed by atoms with Crippen LogP contribution in [-0.2, 0) is 20.1 Å². The number of piperidine rings is 1. The fraction of sp³-hybridized carbons (Fsp3) is 0.412. The molecule has 2 aliphatic heterocycles. The van der Waals surface area contributed by atoms with Gasteiger partial charge in [0.05, 0.1) is 0 Å². The van der Waals surface area contributed by atoms with Crippen molar-refractivity contribution in [2.75, 3.05) is 39.3 Å². The molecule has 0 unspecified atom stereocenters. The van der Waals surface area contributed by atoms with Gasteiger partial charge >= 0.3 is 0 Å². The summed E-state index contributed by atoms with van der Waals surface area (Å²) < 4.78 is 27.7. The minimum atomic E-state index is -2.44. The number of nitrogens with zero attached hydrogens (tertiary/aromatic N) is 5. The molecule has 0 bridgehead atoms. The van der Waals surface area contributed by atoms with Crippen LogP contribution in [0.5, 0.6) is 0 Å². The standard InChI is InChI=1S/C34H39F2N5O/c1-24-3-4-26(21-37-24)23-39-13-11-27(12-14-39)29-9-10-31-30(19-29)20-32(38(31)2)34(42)41-17-15-40(16-18-41)22-25-5-7-28(8-6-25)33(35)36/h3-10,19-21,27,33H,11-18,22-23H2,1-2H3. The van der Waals surface area contributed by atoms with Gasteiger partial charge in [-0.3, -0.25) is 19.6 Å². The molecule has 2 aromatic carbocycles. The molecular formula is C34H39F2N5O. The second kappa shape index (κ2) is 12.3. The summed E-state index contributed by atoms with van der Waals surface area (Å²) in [4.78, 5) is 24.7. The van der Waals surface area contributed by atoms with Crippen LogP contribution < -0.4 is 0 Å². The Morgan fingerprint density at radius 1 is 0.857 bits per heavy atom. The van der Waals surface area contributed by atoms with Crippen molar-refractivity contribution in [1.82, 2.24) is 24.3 Å². The van der Waals surface area contributed by atoms with Crippen molar-refractivity contribution in [2.24, 2.45) is 7.05 Å². The monoisotopic (exact) mass is 571 g/mol. The van der Waals surface area contributed by atoms with Crippen LogP contribution in [-0.4, -0.2) is 69.4 Å². The zero-order valence-corrected chi connectivity index (χ0v) is 24.5. The fourth-order valence-corrected chi connectivity index (χ4v) is 6.40. The van der Waals surface area contributed by atoms with Gasteiger partial charge in [0.1, 0.15) is 5.69 Å². The Morgan fingerprint density at radius 3 is 2.19 bits per heavy atom. The number of amides is 1. The van der Waals surface area contributed by atoms with E-state index in [2.05, 4.69) is 51.2 Å². The molecule has 42 heavy (non-hydrogen) atoms. The van der Waals surface area contributed by atoms with Crippen LogP contribution in [0.15, 0.2) is 66.9 Å². The summed E-state index contributed by atoms with van der Waals surface area (Å²) in [5.41, 5.74) is 6.54. The smallest absolute Gasteiger partial charge is 0.270 e. The lowest BCUT2D eigenvalue weighted by Gasteiger charge is -2.34. The highest BCUT2D eigenvalue weighted by Crippen LogP contribution is 2.32. The van der Waals surface area contributed by atoms with Crippen LogP contribution >= 0.6 is 0 Å². The van der Waals surface area contributed by atoms with E-state index in [0.717, 1.165) is 73.4 Å². The van der Waals surface area contributed by atoms with Crippen LogP contribution in [0.25, 0.3) is 10.9 Å². The van der Waals surface area contributed by atoms with Crippen LogP contribution in [0.3, 0.4) is 0 Å². The Labute approximate surface area is 246 Å². The van der Waals surface area contributed by atoms with Crippen molar-refractivity contribution in [3.63, 3.8) is 0 Å².